The second-order valence-corrected chi connectivity index (χ2v) is 4.96. The van der Waals surface area contributed by atoms with Crippen LogP contribution in [0.25, 0.3) is 0 Å². The third-order valence-electron chi connectivity index (χ3n) is 3.26. The van der Waals surface area contributed by atoms with Gasteiger partial charge in [-0.1, -0.05) is 6.07 Å². The third kappa shape index (κ3) is 3.08. The number of nitrogens with zero attached hydrogens (tertiary/aromatic N) is 2. The lowest BCUT2D eigenvalue weighted by atomic mass is 10.1. The SMILES string of the molecule is Cc1ccc([N+](=O)[O-])cc1C(=O)N1CCOC(CCl)C1. The Morgan fingerprint density at radius 2 is 2.35 bits per heavy atom. The highest BCUT2D eigenvalue weighted by Gasteiger charge is 2.26. The van der Waals surface area contributed by atoms with Gasteiger partial charge in [0.25, 0.3) is 11.6 Å². The molecule has 1 saturated heterocycles. The number of hydrogen-bond donors (Lipinski definition) is 0. The highest BCUT2D eigenvalue weighted by Crippen LogP contribution is 2.20. The fourth-order valence-corrected chi connectivity index (χ4v) is 2.31. The molecule has 0 aromatic heterocycles. The maximum Gasteiger partial charge on any atom is 0.270 e. The lowest BCUT2D eigenvalue weighted by Crippen LogP contribution is -2.46. The Morgan fingerprint density at radius 1 is 1.60 bits per heavy atom. The minimum atomic E-state index is -0.503. The van der Waals surface area contributed by atoms with Crippen LogP contribution in [0.1, 0.15) is 15.9 Å². The molecular weight excluding hydrogens is 284 g/mol. The van der Waals surface area contributed by atoms with Crippen molar-refractivity contribution in [2.75, 3.05) is 25.6 Å². The fraction of sp³-hybridized carbons (Fsp3) is 0.462. The molecule has 0 N–H and O–H groups in total. The summed E-state index contributed by atoms with van der Waals surface area (Å²) in [5.41, 5.74) is 0.991. The number of morpholine rings is 1. The molecule has 0 radical (unpaired) electrons. The zero-order valence-electron chi connectivity index (χ0n) is 11.0. The van der Waals surface area contributed by atoms with E-state index in [4.69, 9.17) is 16.3 Å². The van der Waals surface area contributed by atoms with Crippen molar-refractivity contribution in [3.8, 4) is 0 Å². The number of nitro benzene ring substituents is 1. The summed E-state index contributed by atoms with van der Waals surface area (Å²) in [5, 5.41) is 10.8. The van der Waals surface area contributed by atoms with Gasteiger partial charge in [0, 0.05) is 30.8 Å². The number of ether oxygens (including phenoxy) is 1. The van der Waals surface area contributed by atoms with Crippen LogP contribution in [0, 0.1) is 17.0 Å². The van der Waals surface area contributed by atoms with Gasteiger partial charge in [-0.2, -0.15) is 0 Å². The first-order valence-corrected chi connectivity index (χ1v) is 6.78. The molecule has 1 unspecified atom stereocenters. The van der Waals surface area contributed by atoms with E-state index in [1.54, 1.807) is 17.9 Å². The summed E-state index contributed by atoms with van der Waals surface area (Å²) in [6, 6.07) is 4.31. The lowest BCUT2D eigenvalue weighted by Gasteiger charge is -2.32. The van der Waals surface area contributed by atoms with Gasteiger partial charge in [-0.05, 0) is 12.5 Å². The number of rotatable bonds is 3. The van der Waals surface area contributed by atoms with Crippen molar-refractivity contribution in [3.63, 3.8) is 0 Å². The van der Waals surface area contributed by atoms with Crippen molar-refractivity contribution in [2.24, 2.45) is 0 Å². The first-order chi connectivity index (χ1) is 9.52. The molecule has 1 atom stereocenters. The highest BCUT2D eigenvalue weighted by atomic mass is 35.5. The lowest BCUT2D eigenvalue weighted by molar-refractivity contribution is -0.384. The van der Waals surface area contributed by atoms with E-state index in [0.717, 1.165) is 5.56 Å². The van der Waals surface area contributed by atoms with E-state index in [-0.39, 0.29) is 17.7 Å². The standard InChI is InChI=1S/C13H15ClN2O4/c1-9-2-3-10(16(18)19)6-12(9)13(17)15-4-5-20-11(7-14)8-15/h2-3,6,11H,4-5,7-8H2,1H3. The van der Waals surface area contributed by atoms with Gasteiger partial charge >= 0.3 is 0 Å². The van der Waals surface area contributed by atoms with Crippen LogP contribution in [0.4, 0.5) is 5.69 Å². The summed E-state index contributed by atoms with van der Waals surface area (Å²) in [5.74, 6) is 0.0992. The second kappa shape index (κ2) is 6.19. The van der Waals surface area contributed by atoms with Crippen LogP contribution < -0.4 is 0 Å². The monoisotopic (exact) mass is 298 g/mol. The van der Waals surface area contributed by atoms with Gasteiger partial charge in [-0.15, -0.1) is 11.6 Å². The van der Waals surface area contributed by atoms with Crippen LogP contribution in [0.2, 0.25) is 0 Å². The molecule has 2 rings (SSSR count). The molecule has 108 valence electrons. The van der Waals surface area contributed by atoms with E-state index in [1.807, 2.05) is 0 Å². The third-order valence-corrected chi connectivity index (χ3v) is 3.60. The number of aryl methyl sites for hydroxylation is 1. The van der Waals surface area contributed by atoms with Gasteiger partial charge in [0.2, 0.25) is 0 Å². The Hall–Kier alpha value is -1.66. The van der Waals surface area contributed by atoms with Crippen molar-refractivity contribution in [1.82, 2.24) is 4.90 Å². The molecule has 0 aliphatic carbocycles. The average molecular weight is 299 g/mol. The van der Waals surface area contributed by atoms with Gasteiger partial charge in [0.05, 0.1) is 23.5 Å². The van der Waals surface area contributed by atoms with E-state index in [1.165, 1.54) is 12.1 Å². The maximum absolute atomic E-state index is 12.5. The van der Waals surface area contributed by atoms with Crippen LogP contribution in [-0.4, -0.2) is 47.4 Å². The van der Waals surface area contributed by atoms with Crippen LogP contribution in [0.3, 0.4) is 0 Å². The summed E-state index contributed by atoms with van der Waals surface area (Å²) < 4.78 is 5.40. The number of carbonyl (C=O) groups excluding carboxylic acids is 1. The molecule has 1 heterocycles. The number of nitro groups is 1. The van der Waals surface area contributed by atoms with Crippen molar-refractivity contribution in [2.45, 2.75) is 13.0 Å². The molecule has 0 bridgehead atoms. The largest absolute Gasteiger partial charge is 0.373 e. The number of hydrogen-bond acceptors (Lipinski definition) is 4. The van der Waals surface area contributed by atoms with E-state index >= 15 is 0 Å². The number of amides is 1. The van der Waals surface area contributed by atoms with E-state index in [9.17, 15) is 14.9 Å². The number of carbonyl (C=O) groups is 1. The Kier molecular flexibility index (Phi) is 4.57. The summed E-state index contributed by atoms with van der Waals surface area (Å²) in [6.07, 6.45) is -0.187. The predicted octanol–water partition coefficient (Wildman–Crippen LogP) is 1.98. The Labute approximate surface area is 121 Å². The van der Waals surface area contributed by atoms with E-state index in [0.29, 0.717) is 31.1 Å². The zero-order chi connectivity index (χ0) is 14.7. The minimum Gasteiger partial charge on any atom is -0.373 e. The van der Waals surface area contributed by atoms with Crippen molar-refractivity contribution >= 4 is 23.2 Å². The summed E-state index contributed by atoms with van der Waals surface area (Å²) in [7, 11) is 0. The molecule has 20 heavy (non-hydrogen) atoms. The second-order valence-electron chi connectivity index (χ2n) is 4.65. The maximum atomic E-state index is 12.5. The van der Waals surface area contributed by atoms with Gasteiger partial charge in [-0.25, -0.2) is 0 Å². The Balaban J connectivity index is 2.24. The molecule has 1 aliphatic heterocycles. The normalized spacial score (nSPS) is 18.9. The van der Waals surface area contributed by atoms with Crippen molar-refractivity contribution < 1.29 is 14.5 Å². The smallest absolute Gasteiger partial charge is 0.270 e. The zero-order valence-corrected chi connectivity index (χ0v) is 11.8. The molecule has 1 amide bonds. The highest BCUT2D eigenvalue weighted by molar-refractivity contribution is 6.18. The Bertz CT molecular complexity index is 535. The number of halogens is 1. The van der Waals surface area contributed by atoms with Gasteiger partial charge in [0.15, 0.2) is 0 Å². The minimum absolute atomic E-state index is 0.0823. The Morgan fingerprint density at radius 3 is 3.00 bits per heavy atom. The number of alkyl halides is 1. The molecule has 1 aromatic carbocycles. The fourth-order valence-electron chi connectivity index (χ4n) is 2.12. The molecule has 1 aromatic rings. The number of benzene rings is 1. The topological polar surface area (TPSA) is 72.7 Å². The molecular formula is C13H15ClN2O4. The predicted molar refractivity (Wildman–Crippen MR) is 74.2 cm³/mol. The molecule has 1 fully saturated rings. The molecule has 0 saturated carbocycles. The van der Waals surface area contributed by atoms with Crippen LogP contribution in [0.15, 0.2) is 18.2 Å². The van der Waals surface area contributed by atoms with E-state index in [2.05, 4.69) is 0 Å². The number of non-ortho nitro benzene ring substituents is 1. The van der Waals surface area contributed by atoms with Crippen LogP contribution in [-0.2, 0) is 4.74 Å². The quantitative estimate of drug-likeness (QED) is 0.486. The summed E-state index contributed by atoms with van der Waals surface area (Å²) in [6.45, 7) is 3.06. The van der Waals surface area contributed by atoms with Gasteiger partial charge < -0.3 is 9.64 Å². The van der Waals surface area contributed by atoms with Gasteiger partial charge in [0.1, 0.15) is 0 Å². The van der Waals surface area contributed by atoms with Crippen LogP contribution >= 0.6 is 11.6 Å². The van der Waals surface area contributed by atoms with E-state index < -0.39 is 4.92 Å². The van der Waals surface area contributed by atoms with Crippen molar-refractivity contribution in [3.05, 3.63) is 39.4 Å². The average Bonchev–Trinajstić information content (AvgIpc) is 2.46. The van der Waals surface area contributed by atoms with Crippen LogP contribution in [0.5, 0.6) is 0 Å². The molecule has 0 spiro atoms. The first-order valence-electron chi connectivity index (χ1n) is 6.25. The summed E-state index contributed by atoms with van der Waals surface area (Å²) >= 11 is 5.74. The van der Waals surface area contributed by atoms with Gasteiger partial charge in [-0.3, -0.25) is 14.9 Å². The first kappa shape index (κ1) is 14.7. The summed E-state index contributed by atoms with van der Waals surface area (Å²) in [4.78, 5) is 24.4. The molecule has 6 nitrogen and oxygen atoms in total. The van der Waals surface area contributed by atoms with Crippen molar-refractivity contribution in [1.29, 1.82) is 0 Å². The molecule has 1 aliphatic rings. The molecule has 7 heteroatoms.